The third-order valence-electron chi connectivity index (χ3n) is 5.30. The molecule has 0 aromatic heterocycles. The smallest absolute Gasteiger partial charge is 0.0127 e. The molecule has 0 aliphatic heterocycles. The van der Waals surface area contributed by atoms with Crippen LogP contribution in [0.1, 0.15) is 60.3 Å². The van der Waals surface area contributed by atoms with Crippen LogP contribution in [0, 0.1) is 5.92 Å². The highest BCUT2D eigenvalue weighted by Gasteiger charge is 2.31. The topological polar surface area (TPSA) is 0 Å². The molecule has 0 N–H and O–H groups in total. The minimum atomic E-state index is 0.661. The average Bonchev–Trinajstić information content (AvgIpc) is 2.77. The van der Waals surface area contributed by atoms with E-state index >= 15 is 0 Å². The molecule has 1 atom stereocenters. The molecule has 0 saturated heterocycles. The summed E-state index contributed by atoms with van der Waals surface area (Å²) in [6.07, 6.45) is 9.18. The summed E-state index contributed by atoms with van der Waals surface area (Å²) in [4.78, 5) is 0. The van der Waals surface area contributed by atoms with Crippen LogP contribution in [0.5, 0.6) is 0 Å². The molecule has 0 amide bonds. The van der Waals surface area contributed by atoms with Crippen LogP contribution >= 0.6 is 0 Å². The Morgan fingerprint density at radius 1 is 0.667 bits per heavy atom. The summed E-state index contributed by atoms with van der Waals surface area (Å²) in [5, 5.41) is 0. The van der Waals surface area contributed by atoms with Gasteiger partial charge in [-0.2, -0.15) is 0 Å². The fourth-order valence-corrected chi connectivity index (χ4v) is 4.29. The summed E-state index contributed by atoms with van der Waals surface area (Å²) in [6.45, 7) is 0. The second-order valence-electron chi connectivity index (χ2n) is 6.53. The molecule has 1 unspecified atom stereocenters. The van der Waals surface area contributed by atoms with E-state index in [1.807, 2.05) is 0 Å². The van der Waals surface area contributed by atoms with Crippen LogP contribution in [0.3, 0.4) is 0 Å². The number of aryl methyl sites for hydroxylation is 2. The van der Waals surface area contributed by atoms with Crippen molar-refractivity contribution >= 4 is 0 Å². The maximum atomic E-state index is 2.37. The van der Waals surface area contributed by atoms with E-state index in [0.29, 0.717) is 5.92 Å². The van der Waals surface area contributed by atoms with Crippen LogP contribution < -0.4 is 0 Å². The Labute approximate surface area is 128 Å². The predicted octanol–water partition coefficient (Wildman–Crippen LogP) is 5.46. The molecule has 2 aromatic carbocycles. The van der Waals surface area contributed by atoms with E-state index in [2.05, 4.69) is 48.5 Å². The summed E-state index contributed by atoms with van der Waals surface area (Å²) in [7, 11) is 0. The zero-order valence-corrected chi connectivity index (χ0v) is 12.6. The van der Waals surface area contributed by atoms with E-state index in [1.54, 1.807) is 28.2 Å². The third kappa shape index (κ3) is 2.41. The molecular weight excluding hydrogens is 252 g/mol. The molecule has 1 radical (unpaired) electrons. The molecule has 0 spiro atoms. The highest BCUT2D eigenvalue weighted by molar-refractivity contribution is 5.47. The van der Waals surface area contributed by atoms with Crippen molar-refractivity contribution in [3.63, 3.8) is 0 Å². The first kappa shape index (κ1) is 13.1. The molecule has 4 rings (SSSR count). The summed E-state index contributed by atoms with van der Waals surface area (Å²) < 4.78 is 0. The maximum Gasteiger partial charge on any atom is 0.0127 e. The highest BCUT2D eigenvalue weighted by Crippen LogP contribution is 2.45. The van der Waals surface area contributed by atoms with Gasteiger partial charge in [0.15, 0.2) is 0 Å². The van der Waals surface area contributed by atoms with Crippen molar-refractivity contribution in [3.05, 3.63) is 76.7 Å². The predicted molar refractivity (Wildman–Crippen MR) is 88.5 cm³/mol. The number of hydrogen-bond acceptors (Lipinski definition) is 0. The van der Waals surface area contributed by atoms with Crippen LogP contribution in [0.2, 0.25) is 0 Å². The third-order valence-corrected chi connectivity index (χ3v) is 5.30. The molecule has 2 aliphatic rings. The fraction of sp³-hybridized carbons (Fsp3) is 0.381. The quantitative estimate of drug-likeness (QED) is 0.607. The van der Waals surface area contributed by atoms with Gasteiger partial charge < -0.3 is 0 Å². The van der Waals surface area contributed by atoms with Crippen molar-refractivity contribution in [2.75, 3.05) is 0 Å². The van der Waals surface area contributed by atoms with E-state index in [-0.39, 0.29) is 0 Å². The summed E-state index contributed by atoms with van der Waals surface area (Å²) in [6, 6.07) is 18.3. The Morgan fingerprint density at radius 3 is 2.33 bits per heavy atom. The number of fused-ring (bicyclic) bond motifs is 2. The molecule has 0 heterocycles. The summed E-state index contributed by atoms with van der Waals surface area (Å²) >= 11 is 0. The molecule has 2 aliphatic carbocycles. The Kier molecular flexibility index (Phi) is 3.55. The molecule has 0 heteroatoms. The highest BCUT2D eigenvalue weighted by atomic mass is 14.3. The molecular formula is C21H23. The zero-order chi connectivity index (χ0) is 14.1. The molecule has 0 bridgehead atoms. The lowest BCUT2D eigenvalue weighted by Crippen LogP contribution is -2.18. The SMILES string of the molecule is c1ccc2c(c1)CCCC[C]2C1CCCc2ccccc21. The Hall–Kier alpha value is -1.56. The van der Waals surface area contributed by atoms with Gasteiger partial charge >= 0.3 is 0 Å². The maximum absolute atomic E-state index is 2.37. The molecule has 2 aromatic rings. The minimum Gasteiger partial charge on any atom is -0.0620 e. The average molecular weight is 275 g/mol. The van der Waals surface area contributed by atoms with Gasteiger partial charge in [0.1, 0.15) is 0 Å². The van der Waals surface area contributed by atoms with Gasteiger partial charge in [-0.05, 0) is 66.7 Å². The largest absolute Gasteiger partial charge is 0.0620 e. The Balaban J connectivity index is 1.77. The van der Waals surface area contributed by atoms with E-state index in [1.165, 1.54) is 44.9 Å². The monoisotopic (exact) mass is 275 g/mol. The van der Waals surface area contributed by atoms with Crippen molar-refractivity contribution < 1.29 is 0 Å². The van der Waals surface area contributed by atoms with E-state index in [0.717, 1.165) is 0 Å². The van der Waals surface area contributed by atoms with E-state index < -0.39 is 0 Å². The van der Waals surface area contributed by atoms with Gasteiger partial charge in [-0.25, -0.2) is 0 Å². The van der Waals surface area contributed by atoms with Gasteiger partial charge in [0, 0.05) is 5.92 Å². The zero-order valence-electron chi connectivity index (χ0n) is 12.6. The van der Waals surface area contributed by atoms with Gasteiger partial charge in [-0.1, -0.05) is 55.0 Å². The van der Waals surface area contributed by atoms with Crippen LogP contribution in [0.15, 0.2) is 48.5 Å². The first-order valence-electron chi connectivity index (χ1n) is 8.45. The number of rotatable bonds is 1. The Bertz CT molecular complexity index is 625. The second-order valence-corrected chi connectivity index (χ2v) is 6.53. The minimum absolute atomic E-state index is 0.661. The van der Waals surface area contributed by atoms with Crippen LogP contribution in [0.4, 0.5) is 0 Å². The molecule has 0 nitrogen and oxygen atoms in total. The van der Waals surface area contributed by atoms with Gasteiger partial charge in [0.05, 0.1) is 0 Å². The summed E-state index contributed by atoms with van der Waals surface area (Å²) in [5.74, 6) is 2.38. The number of benzene rings is 2. The lowest BCUT2D eigenvalue weighted by molar-refractivity contribution is 0.543. The second kappa shape index (κ2) is 5.67. The summed E-state index contributed by atoms with van der Waals surface area (Å²) in [5.41, 5.74) is 6.34. The van der Waals surface area contributed by atoms with Crippen LogP contribution in [-0.2, 0) is 12.8 Å². The molecule has 0 fully saturated rings. The van der Waals surface area contributed by atoms with Gasteiger partial charge in [-0.15, -0.1) is 0 Å². The van der Waals surface area contributed by atoms with Crippen LogP contribution in [0.25, 0.3) is 0 Å². The first-order chi connectivity index (χ1) is 10.4. The van der Waals surface area contributed by atoms with Crippen molar-refractivity contribution in [1.29, 1.82) is 0 Å². The van der Waals surface area contributed by atoms with E-state index in [4.69, 9.17) is 0 Å². The fourth-order valence-electron chi connectivity index (χ4n) is 4.29. The Morgan fingerprint density at radius 2 is 1.38 bits per heavy atom. The van der Waals surface area contributed by atoms with Gasteiger partial charge in [-0.3, -0.25) is 0 Å². The normalized spacial score (nSPS) is 22.2. The van der Waals surface area contributed by atoms with Gasteiger partial charge in [0.25, 0.3) is 0 Å². The van der Waals surface area contributed by atoms with Crippen molar-refractivity contribution in [2.24, 2.45) is 0 Å². The van der Waals surface area contributed by atoms with Crippen molar-refractivity contribution in [2.45, 2.75) is 50.9 Å². The lowest BCUT2D eigenvalue weighted by Gasteiger charge is -2.32. The molecule has 0 saturated carbocycles. The van der Waals surface area contributed by atoms with Crippen LogP contribution in [-0.4, -0.2) is 0 Å². The molecule has 107 valence electrons. The standard InChI is InChI=1S/C21H23/c1-4-12-18-16(8-1)9-3-6-14-20(18)21-15-7-11-17-10-2-5-13-19(17)21/h1-2,4-5,8,10,12-13,21H,3,6-7,9,11,14-15H2. The van der Waals surface area contributed by atoms with Crippen molar-refractivity contribution in [3.8, 4) is 0 Å². The molecule has 21 heavy (non-hydrogen) atoms. The first-order valence-corrected chi connectivity index (χ1v) is 8.45. The van der Waals surface area contributed by atoms with E-state index in [9.17, 15) is 0 Å². The van der Waals surface area contributed by atoms with Gasteiger partial charge in [0.2, 0.25) is 0 Å². The number of hydrogen-bond donors (Lipinski definition) is 0. The van der Waals surface area contributed by atoms with Crippen molar-refractivity contribution in [1.82, 2.24) is 0 Å². The lowest BCUT2D eigenvalue weighted by atomic mass is 9.71.